The fourth-order valence-corrected chi connectivity index (χ4v) is 5.07. The van der Waals surface area contributed by atoms with E-state index >= 15 is 0 Å². The minimum Gasteiger partial charge on any atom is -0.496 e. The lowest BCUT2D eigenvalue weighted by Gasteiger charge is -2.33. The van der Waals surface area contributed by atoms with Crippen molar-refractivity contribution in [2.75, 3.05) is 33.3 Å². The van der Waals surface area contributed by atoms with Crippen LogP contribution >= 0.6 is 15.9 Å². The Balaban J connectivity index is 1.64. The number of ether oxygens (including phenoxy) is 1. The molecule has 1 aliphatic rings. The third kappa shape index (κ3) is 8.04. The van der Waals surface area contributed by atoms with Crippen LogP contribution in [0.4, 0.5) is 4.39 Å². The molecule has 1 fully saturated rings. The average molecular weight is 548 g/mol. The second-order valence-electron chi connectivity index (χ2n) is 9.56. The molecule has 8 heteroatoms. The monoisotopic (exact) mass is 546 g/mol. The van der Waals surface area contributed by atoms with Crippen molar-refractivity contribution in [1.29, 1.82) is 0 Å². The van der Waals surface area contributed by atoms with Crippen LogP contribution in [-0.4, -0.2) is 50.1 Å². The number of nitrogens with one attached hydrogen (secondary N) is 1. The van der Waals surface area contributed by atoms with E-state index in [1.54, 1.807) is 13.2 Å². The Bertz CT molecular complexity index is 1040. The number of nitrogens with zero attached hydrogens (tertiary/aromatic N) is 2. The smallest absolute Gasteiger partial charge is 0.258 e. The number of piperidine rings is 1. The van der Waals surface area contributed by atoms with Gasteiger partial charge in [-0.2, -0.15) is 0 Å². The molecule has 2 aromatic carbocycles. The molecule has 1 heterocycles. The van der Waals surface area contributed by atoms with E-state index in [1.165, 1.54) is 12.1 Å². The van der Waals surface area contributed by atoms with E-state index < -0.39 is 11.7 Å². The molecule has 0 spiro atoms. The van der Waals surface area contributed by atoms with Gasteiger partial charge in [-0.05, 0) is 80.0 Å². The molecular formula is C27H36BrFN4O2. The number of amides is 1. The molecule has 1 amide bonds. The number of guanidine groups is 1. The van der Waals surface area contributed by atoms with E-state index in [0.29, 0.717) is 36.8 Å². The first-order chi connectivity index (χ1) is 16.8. The van der Waals surface area contributed by atoms with Crippen LogP contribution in [0, 0.1) is 17.7 Å². The van der Waals surface area contributed by atoms with Gasteiger partial charge in [0.25, 0.3) is 5.91 Å². The van der Waals surface area contributed by atoms with Crippen molar-refractivity contribution in [2.45, 2.75) is 39.5 Å². The van der Waals surface area contributed by atoms with Crippen LogP contribution in [0.15, 0.2) is 45.9 Å². The number of hydrogen-bond acceptors (Lipinski definition) is 4. The molecule has 1 atom stereocenters. The summed E-state index contributed by atoms with van der Waals surface area (Å²) in [6, 6.07) is 10.2. The molecule has 6 nitrogen and oxygen atoms in total. The lowest BCUT2D eigenvalue weighted by atomic mass is 9.97. The molecule has 1 unspecified atom stereocenters. The minimum absolute atomic E-state index is 0.0693. The van der Waals surface area contributed by atoms with Crippen molar-refractivity contribution >= 4 is 27.8 Å². The second kappa shape index (κ2) is 13.0. The summed E-state index contributed by atoms with van der Waals surface area (Å²) in [5, 5.41) is 2.65. The molecule has 3 N–H and O–H groups in total. The Kier molecular flexibility index (Phi) is 10.1. The number of rotatable bonds is 9. The molecule has 3 rings (SSSR count). The number of likely N-dealkylation sites (tertiary alicyclic amines) is 1. The van der Waals surface area contributed by atoms with Gasteiger partial charge in [-0.3, -0.25) is 15.1 Å². The third-order valence-corrected chi connectivity index (χ3v) is 6.73. The van der Waals surface area contributed by atoms with Gasteiger partial charge >= 0.3 is 0 Å². The van der Waals surface area contributed by atoms with E-state index in [9.17, 15) is 9.18 Å². The zero-order valence-electron chi connectivity index (χ0n) is 20.8. The standard InChI is InChI=1S/C27H36BrFN4O2/c1-18(2)16-33-13-5-6-19(17-33)15-31-27(30)32-26(34)23-7-4-8-24(29)22(23)11-9-20-14-21(28)10-12-25(20)35-3/h4,7-8,10,12,14,18-19H,5-6,9,11,13,15-17H2,1-3H3,(H3,30,31,32,34). The number of nitrogens with two attached hydrogens (primary N) is 1. The van der Waals surface area contributed by atoms with Gasteiger partial charge in [0.05, 0.1) is 7.11 Å². The molecule has 0 aliphatic carbocycles. The first-order valence-corrected chi connectivity index (χ1v) is 13.0. The maximum atomic E-state index is 14.7. The van der Waals surface area contributed by atoms with Gasteiger partial charge in [-0.1, -0.05) is 35.8 Å². The highest BCUT2D eigenvalue weighted by molar-refractivity contribution is 9.10. The van der Waals surface area contributed by atoms with E-state index in [4.69, 9.17) is 10.5 Å². The first-order valence-electron chi connectivity index (χ1n) is 12.2. The van der Waals surface area contributed by atoms with E-state index in [2.05, 4.69) is 45.0 Å². The summed E-state index contributed by atoms with van der Waals surface area (Å²) in [7, 11) is 1.60. The van der Waals surface area contributed by atoms with Crippen molar-refractivity contribution < 1.29 is 13.9 Å². The van der Waals surface area contributed by atoms with Crippen LogP contribution in [0.5, 0.6) is 5.75 Å². The van der Waals surface area contributed by atoms with Gasteiger partial charge in [0.1, 0.15) is 11.6 Å². The summed E-state index contributed by atoms with van der Waals surface area (Å²) in [6.45, 7) is 8.23. The molecular weight excluding hydrogens is 511 g/mol. The summed E-state index contributed by atoms with van der Waals surface area (Å²) in [6.07, 6.45) is 3.11. The van der Waals surface area contributed by atoms with Gasteiger partial charge in [0.15, 0.2) is 5.96 Å². The Morgan fingerprint density at radius 2 is 2.11 bits per heavy atom. The Hall–Kier alpha value is -2.45. The SMILES string of the molecule is COc1ccc(Br)cc1CCc1c(F)cccc1C(=O)NC(N)=NCC1CCCN(CC(C)C)C1. The van der Waals surface area contributed by atoms with Crippen molar-refractivity contribution in [3.8, 4) is 5.75 Å². The summed E-state index contributed by atoms with van der Waals surface area (Å²) in [4.78, 5) is 19.9. The second-order valence-corrected chi connectivity index (χ2v) is 10.5. The number of carbonyl (C=O) groups is 1. The minimum atomic E-state index is -0.452. The fraction of sp³-hybridized carbons (Fsp3) is 0.481. The third-order valence-electron chi connectivity index (χ3n) is 6.24. The molecule has 1 aliphatic heterocycles. The van der Waals surface area contributed by atoms with Gasteiger partial charge < -0.3 is 15.4 Å². The fourth-order valence-electron chi connectivity index (χ4n) is 4.66. The maximum Gasteiger partial charge on any atom is 0.258 e. The van der Waals surface area contributed by atoms with Gasteiger partial charge in [-0.15, -0.1) is 0 Å². The molecule has 35 heavy (non-hydrogen) atoms. The Morgan fingerprint density at radius 1 is 1.31 bits per heavy atom. The van der Waals surface area contributed by atoms with E-state index in [0.717, 1.165) is 48.3 Å². The normalized spacial score (nSPS) is 17.0. The molecule has 0 aromatic heterocycles. The van der Waals surface area contributed by atoms with Crippen molar-refractivity contribution in [3.05, 3.63) is 63.4 Å². The molecule has 1 saturated heterocycles. The Morgan fingerprint density at radius 3 is 2.86 bits per heavy atom. The zero-order chi connectivity index (χ0) is 25.4. The van der Waals surface area contributed by atoms with Crippen molar-refractivity contribution in [1.82, 2.24) is 10.2 Å². The number of hydrogen-bond donors (Lipinski definition) is 2. The average Bonchev–Trinajstić information content (AvgIpc) is 2.81. The quantitative estimate of drug-likeness (QED) is 0.350. The lowest BCUT2D eigenvalue weighted by Crippen LogP contribution is -2.40. The predicted octanol–water partition coefficient (Wildman–Crippen LogP) is 4.79. The van der Waals surface area contributed by atoms with Gasteiger partial charge in [0, 0.05) is 35.2 Å². The number of benzene rings is 2. The topological polar surface area (TPSA) is 79.9 Å². The van der Waals surface area contributed by atoms with Crippen LogP contribution in [0.1, 0.15) is 48.2 Å². The molecule has 0 radical (unpaired) electrons. The number of halogens is 2. The van der Waals surface area contributed by atoms with Gasteiger partial charge in [0.2, 0.25) is 0 Å². The summed E-state index contributed by atoms with van der Waals surface area (Å²) >= 11 is 3.46. The highest BCUT2D eigenvalue weighted by Gasteiger charge is 2.21. The molecule has 0 bridgehead atoms. The van der Waals surface area contributed by atoms with Gasteiger partial charge in [-0.25, -0.2) is 4.39 Å². The van der Waals surface area contributed by atoms with Crippen LogP contribution in [0.2, 0.25) is 0 Å². The zero-order valence-corrected chi connectivity index (χ0v) is 22.4. The molecule has 0 saturated carbocycles. The Labute approximate surface area is 216 Å². The van der Waals surface area contributed by atoms with E-state index in [1.807, 2.05) is 18.2 Å². The van der Waals surface area contributed by atoms with Crippen LogP contribution in [0.25, 0.3) is 0 Å². The number of carbonyl (C=O) groups excluding carboxylic acids is 1. The molecule has 2 aromatic rings. The van der Waals surface area contributed by atoms with E-state index in [-0.39, 0.29) is 11.5 Å². The molecule has 190 valence electrons. The summed E-state index contributed by atoms with van der Waals surface area (Å²) in [5.74, 6) is 0.970. The largest absolute Gasteiger partial charge is 0.496 e. The highest BCUT2D eigenvalue weighted by atomic mass is 79.9. The van der Waals surface area contributed by atoms with Crippen molar-refractivity contribution in [2.24, 2.45) is 22.6 Å². The summed E-state index contributed by atoms with van der Waals surface area (Å²) < 4.78 is 21.1. The number of methoxy groups -OCH3 is 1. The van der Waals surface area contributed by atoms with Crippen LogP contribution in [-0.2, 0) is 12.8 Å². The predicted molar refractivity (Wildman–Crippen MR) is 142 cm³/mol. The lowest BCUT2D eigenvalue weighted by molar-refractivity contribution is 0.0975. The summed E-state index contributed by atoms with van der Waals surface area (Å²) in [5.41, 5.74) is 7.57. The first kappa shape index (κ1) is 27.1. The highest BCUT2D eigenvalue weighted by Crippen LogP contribution is 2.26. The van der Waals surface area contributed by atoms with Crippen LogP contribution in [0.3, 0.4) is 0 Å². The number of aryl methyl sites for hydroxylation is 1. The number of aliphatic imine (C=N–C) groups is 1. The maximum absolute atomic E-state index is 14.7. The van der Waals surface area contributed by atoms with Crippen LogP contribution < -0.4 is 15.8 Å². The van der Waals surface area contributed by atoms with Crippen molar-refractivity contribution in [3.63, 3.8) is 0 Å².